The Hall–Kier alpha value is -3.18. The van der Waals surface area contributed by atoms with Crippen LogP contribution in [0.2, 0.25) is 0 Å². The topological polar surface area (TPSA) is 107 Å². The van der Waals surface area contributed by atoms with Crippen LogP contribution in [0, 0.1) is 0 Å². The number of hydrogen-bond acceptors (Lipinski definition) is 8. The molecule has 198 valence electrons. The smallest absolute Gasteiger partial charge is 0.225 e. The lowest BCUT2D eigenvalue weighted by atomic mass is 10.1. The first-order valence-electron chi connectivity index (χ1n) is 12.6. The van der Waals surface area contributed by atoms with Crippen molar-refractivity contribution in [3.8, 4) is 0 Å². The third kappa shape index (κ3) is 6.27. The molecular formula is C28H31N5O3S2. The van der Waals surface area contributed by atoms with Crippen LogP contribution in [0.1, 0.15) is 24.0 Å². The maximum Gasteiger partial charge on any atom is 0.225 e. The van der Waals surface area contributed by atoms with Crippen LogP contribution in [0.15, 0.2) is 82.6 Å². The first-order chi connectivity index (χ1) is 18.4. The number of sulfonamides is 1. The van der Waals surface area contributed by atoms with Gasteiger partial charge >= 0.3 is 0 Å². The van der Waals surface area contributed by atoms with Crippen molar-refractivity contribution in [3.05, 3.63) is 83.9 Å². The van der Waals surface area contributed by atoms with Crippen LogP contribution in [-0.4, -0.2) is 53.2 Å². The number of rotatable bonds is 9. The lowest BCUT2D eigenvalue weighted by Crippen LogP contribution is -2.42. The zero-order valence-electron chi connectivity index (χ0n) is 21.2. The van der Waals surface area contributed by atoms with Gasteiger partial charge in [-0.05, 0) is 48.2 Å². The van der Waals surface area contributed by atoms with Crippen molar-refractivity contribution in [2.75, 3.05) is 30.0 Å². The van der Waals surface area contributed by atoms with Crippen LogP contribution in [0.4, 0.5) is 11.8 Å². The van der Waals surface area contributed by atoms with Gasteiger partial charge in [0.25, 0.3) is 0 Å². The number of aromatic nitrogens is 2. The molecular weight excluding hydrogens is 518 g/mol. The van der Waals surface area contributed by atoms with Crippen LogP contribution in [0.3, 0.4) is 0 Å². The summed E-state index contributed by atoms with van der Waals surface area (Å²) < 4.78 is 25.3. The van der Waals surface area contributed by atoms with Crippen LogP contribution in [0.5, 0.6) is 0 Å². The number of fused-ring (bicyclic) bond motifs is 1. The fourth-order valence-electron chi connectivity index (χ4n) is 4.57. The Labute approximate surface area is 227 Å². The molecule has 0 unspecified atom stereocenters. The van der Waals surface area contributed by atoms with E-state index in [1.54, 1.807) is 11.8 Å². The largest absolute Gasteiger partial charge is 0.392 e. The Bertz CT molecular complexity index is 1520. The fraction of sp³-hybridized carbons (Fsp3) is 0.286. The number of piperidine rings is 1. The van der Waals surface area contributed by atoms with Gasteiger partial charge in [-0.1, -0.05) is 60.3 Å². The van der Waals surface area contributed by atoms with E-state index >= 15 is 0 Å². The third-order valence-corrected chi connectivity index (χ3v) is 9.18. The highest BCUT2D eigenvalue weighted by molar-refractivity contribution is 7.99. The molecule has 1 fully saturated rings. The van der Waals surface area contributed by atoms with Crippen molar-refractivity contribution in [3.63, 3.8) is 0 Å². The minimum Gasteiger partial charge on any atom is -0.392 e. The molecule has 0 amide bonds. The number of para-hydroxylation sites is 1. The summed E-state index contributed by atoms with van der Waals surface area (Å²) >= 11 is 1.63. The summed E-state index contributed by atoms with van der Waals surface area (Å²) in [6, 6.07) is 24.1. The Morgan fingerprint density at radius 2 is 1.55 bits per heavy atom. The van der Waals surface area contributed by atoms with E-state index in [1.807, 2.05) is 60.7 Å². The fourth-order valence-corrected chi connectivity index (χ4v) is 6.51. The molecule has 1 aromatic heterocycles. The molecule has 2 heterocycles. The maximum atomic E-state index is 11.9. The van der Waals surface area contributed by atoms with Gasteiger partial charge in [-0.2, -0.15) is 4.98 Å². The molecule has 3 aromatic carbocycles. The van der Waals surface area contributed by atoms with Gasteiger partial charge in [0.15, 0.2) is 0 Å². The van der Waals surface area contributed by atoms with Crippen molar-refractivity contribution in [1.29, 1.82) is 0 Å². The van der Waals surface area contributed by atoms with Crippen LogP contribution in [-0.2, 0) is 23.2 Å². The molecule has 4 aromatic rings. The Balaban J connectivity index is 1.34. The van der Waals surface area contributed by atoms with Gasteiger partial charge in [0.2, 0.25) is 16.0 Å². The van der Waals surface area contributed by atoms with Crippen LogP contribution in [0.25, 0.3) is 10.9 Å². The standard InChI is InChI=1S/C28H31N5O3S2/c1-38(35,36)33-16-14-22(15-17-33)30-27-23-10-4-5-11-24(23)31-28(32-27)29-18-20-8-2-6-12-25(20)37-26-13-7-3-9-21(26)19-34/h2-13,22,34H,14-19H2,1H3,(H2,29,30,31,32). The summed E-state index contributed by atoms with van der Waals surface area (Å²) in [7, 11) is -3.17. The molecule has 8 nitrogen and oxygen atoms in total. The van der Waals surface area contributed by atoms with Crippen LogP contribution >= 0.6 is 11.8 Å². The van der Waals surface area contributed by atoms with E-state index in [2.05, 4.69) is 22.8 Å². The number of hydrogen-bond donors (Lipinski definition) is 3. The van der Waals surface area contributed by atoms with Crippen molar-refractivity contribution in [2.24, 2.45) is 0 Å². The molecule has 0 radical (unpaired) electrons. The SMILES string of the molecule is CS(=O)(=O)N1CCC(Nc2nc(NCc3ccccc3Sc3ccccc3CO)nc3ccccc23)CC1. The Kier molecular flexibility index (Phi) is 8.13. The second-order valence-corrected chi connectivity index (χ2v) is 12.4. The first-order valence-corrected chi connectivity index (χ1v) is 15.2. The van der Waals surface area contributed by atoms with E-state index in [-0.39, 0.29) is 12.6 Å². The molecule has 1 aliphatic heterocycles. The van der Waals surface area contributed by atoms with Crippen molar-refractivity contribution >= 4 is 44.5 Å². The monoisotopic (exact) mass is 549 g/mol. The number of aliphatic hydroxyl groups is 1. The van der Waals surface area contributed by atoms with Gasteiger partial charge in [0, 0.05) is 40.9 Å². The summed E-state index contributed by atoms with van der Waals surface area (Å²) in [5, 5.41) is 17.6. The lowest BCUT2D eigenvalue weighted by Gasteiger charge is -2.31. The molecule has 0 aliphatic carbocycles. The summed E-state index contributed by atoms with van der Waals surface area (Å²) in [6.07, 6.45) is 2.70. The van der Waals surface area contributed by atoms with Gasteiger partial charge in [0.05, 0.1) is 18.4 Å². The summed E-state index contributed by atoms with van der Waals surface area (Å²) in [6.45, 7) is 1.53. The van der Waals surface area contributed by atoms with Gasteiger partial charge in [-0.3, -0.25) is 0 Å². The van der Waals surface area contributed by atoms with Crippen molar-refractivity contribution in [2.45, 2.75) is 41.8 Å². The highest BCUT2D eigenvalue weighted by Gasteiger charge is 2.25. The number of benzene rings is 3. The van der Waals surface area contributed by atoms with Gasteiger partial charge in [-0.25, -0.2) is 17.7 Å². The molecule has 1 aliphatic rings. The third-order valence-electron chi connectivity index (χ3n) is 6.64. The van der Waals surface area contributed by atoms with E-state index in [4.69, 9.17) is 9.97 Å². The molecule has 0 atom stereocenters. The number of nitrogens with one attached hydrogen (secondary N) is 2. The van der Waals surface area contributed by atoms with E-state index in [0.717, 1.165) is 37.6 Å². The Morgan fingerprint density at radius 1 is 0.921 bits per heavy atom. The maximum absolute atomic E-state index is 11.9. The van der Waals surface area contributed by atoms with Crippen molar-refractivity contribution < 1.29 is 13.5 Å². The van der Waals surface area contributed by atoms with Crippen LogP contribution < -0.4 is 10.6 Å². The summed E-state index contributed by atoms with van der Waals surface area (Å²) in [4.78, 5) is 11.7. The van der Waals surface area contributed by atoms with Crippen molar-refractivity contribution in [1.82, 2.24) is 14.3 Å². The number of nitrogens with zero attached hydrogens (tertiary/aromatic N) is 3. The van der Waals surface area contributed by atoms with E-state index in [9.17, 15) is 13.5 Å². The van der Waals surface area contributed by atoms with E-state index < -0.39 is 10.0 Å². The normalized spacial score (nSPS) is 15.0. The Morgan fingerprint density at radius 3 is 2.26 bits per heavy atom. The second-order valence-electron chi connectivity index (χ2n) is 9.32. The zero-order valence-corrected chi connectivity index (χ0v) is 22.8. The molecule has 3 N–H and O–H groups in total. The number of aliphatic hydroxyl groups excluding tert-OH is 1. The summed E-state index contributed by atoms with van der Waals surface area (Å²) in [5.41, 5.74) is 2.83. The highest BCUT2D eigenvalue weighted by atomic mass is 32.2. The number of anilines is 2. The molecule has 5 rings (SSSR count). The van der Waals surface area contributed by atoms with Gasteiger partial charge in [0.1, 0.15) is 5.82 Å². The van der Waals surface area contributed by atoms with Gasteiger partial charge < -0.3 is 15.7 Å². The van der Waals surface area contributed by atoms with Gasteiger partial charge in [-0.15, -0.1) is 0 Å². The molecule has 0 spiro atoms. The predicted molar refractivity (Wildman–Crippen MR) is 153 cm³/mol. The molecule has 10 heteroatoms. The molecule has 0 bridgehead atoms. The second kappa shape index (κ2) is 11.7. The minimum atomic E-state index is -3.17. The average molecular weight is 550 g/mol. The lowest BCUT2D eigenvalue weighted by molar-refractivity contribution is 0.279. The minimum absolute atomic E-state index is 0.00240. The molecule has 0 saturated carbocycles. The first kappa shape index (κ1) is 26.4. The quantitative estimate of drug-likeness (QED) is 0.275. The predicted octanol–water partition coefficient (Wildman–Crippen LogP) is 4.72. The average Bonchev–Trinajstić information content (AvgIpc) is 2.93. The molecule has 1 saturated heterocycles. The zero-order chi connectivity index (χ0) is 26.5. The van der Waals surface area contributed by atoms with E-state index in [1.165, 1.54) is 10.6 Å². The highest BCUT2D eigenvalue weighted by Crippen LogP contribution is 2.33. The molecule has 38 heavy (non-hydrogen) atoms. The van der Waals surface area contributed by atoms with E-state index in [0.29, 0.717) is 38.4 Å². The summed E-state index contributed by atoms with van der Waals surface area (Å²) in [5.74, 6) is 1.27.